The van der Waals surface area contributed by atoms with Crippen LogP contribution in [0.4, 0.5) is 18.0 Å². The molecule has 2 rings (SSSR count). The van der Waals surface area contributed by atoms with Crippen molar-refractivity contribution < 1.29 is 40.7 Å². The first kappa shape index (κ1) is 28.6. The first-order valence-electron chi connectivity index (χ1n) is 10.6. The molecular formula is C23H26F3N3O6S. The molecule has 9 nitrogen and oxygen atoms in total. The Morgan fingerprint density at radius 2 is 1.50 bits per heavy atom. The lowest BCUT2D eigenvalue weighted by molar-refractivity contribution is -0.173. The molecule has 3 N–H and O–H groups in total. The van der Waals surface area contributed by atoms with E-state index in [4.69, 9.17) is 4.74 Å². The number of carbonyl (C=O) groups is 3. The van der Waals surface area contributed by atoms with Crippen LogP contribution in [0, 0.1) is 0 Å². The number of alkyl halides is 3. The van der Waals surface area contributed by atoms with Gasteiger partial charge in [-0.3, -0.25) is 9.59 Å². The van der Waals surface area contributed by atoms with Crippen LogP contribution in [0.3, 0.4) is 0 Å². The van der Waals surface area contributed by atoms with Gasteiger partial charge in [-0.15, -0.1) is 0 Å². The fraction of sp³-hybridized carbons (Fsp3) is 0.348. The standard InChI is InChI=1S/C23H26F3N3O6S/c1-22(2,3)28-21(32)35-18(13-15-7-5-4-6-8-15)19(30)29-36(33,34)17-11-9-16(10-12-17)14-27-20(31)23(24,25)26/h4-12,18H,13-14H2,1-3H3,(H,27,31)(H,28,32)(H,29,30)/t18-/m0/s1. The van der Waals surface area contributed by atoms with E-state index in [-0.39, 0.29) is 16.9 Å². The zero-order chi connectivity index (χ0) is 27.1. The van der Waals surface area contributed by atoms with Gasteiger partial charge in [0.1, 0.15) is 0 Å². The number of nitrogens with one attached hydrogen (secondary N) is 3. The molecule has 0 bridgehead atoms. The number of sulfonamides is 1. The zero-order valence-corrected chi connectivity index (χ0v) is 20.5. The molecule has 0 aliphatic heterocycles. The quantitative estimate of drug-likeness (QED) is 0.482. The molecule has 0 spiro atoms. The number of alkyl carbamates (subject to hydrolysis) is 1. The van der Waals surface area contributed by atoms with Crippen LogP contribution in [0.2, 0.25) is 0 Å². The number of carbonyl (C=O) groups excluding carboxylic acids is 3. The second-order valence-electron chi connectivity index (χ2n) is 8.75. The summed E-state index contributed by atoms with van der Waals surface area (Å²) in [5.41, 5.74) is 0.143. The van der Waals surface area contributed by atoms with Crippen molar-refractivity contribution in [2.45, 2.75) is 56.5 Å². The van der Waals surface area contributed by atoms with Crippen molar-refractivity contribution in [3.8, 4) is 0 Å². The molecule has 3 amide bonds. The van der Waals surface area contributed by atoms with Crippen LogP contribution in [0.1, 0.15) is 31.9 Å². The minimum atomic E-state index is -5.05. The molecule has 0 unspecified atom stereocenters. The van der Waals surface area contributed by atoms with Crippen molar-refractivity contribution in [1.82, 2.24) is 15.4 Å². The fourth-order valence-corrected chi connectivity index (χ4v) is 3.82. The molecule has 0 saturated heterocycles. The molecule has 0 heterocycles. The molecule has 2 aromatic carbocycles. The number of halogens is 3. The molecule has 0 fully saturated rings. The van der Waals surface area contributed by atoms with Gasteiger partial charge >= 0.3 is 18.2 Å². The smallest absolute Gasteiger partial charge is 0.436 e. The SMILES string of the molecule is CC(C)(C)NC(=O)O[C@@H](Cc1ccccc1)C(=O)NS(=O)(=O)c1ccc(CNC(=O)C(F)(F)F)cc1. The van der Waals surface area contributed by atoms with Crippen molar-refractivity contribution in [3.05, 3.63) is 65.7 Å². The van der Waals surface area contributed by atoms with Crippen LogP contribution >= 0.6 is 0 Å². The maximum absolute atomic E-state index is 12.8. The van der Waals surface area contributed by atoms with Gasteiger partial charge in [-0.05, 0) is 44.0 Å². The lowest BCUT2D eigenvalue weighted by atomic mass is 10.1. The highest BCUT2D eigenvalue weighted by molar-refractivity contribution is 7.90. The predicted octanol–water partition coefficient (Wildman–Crippen LogP) is 2.81. The fourth-order valence-electron chi connectivity index (χ4n) is 2.81. The number of hydrogen-bond donors (Lipinski definition) is 3. The van der Waals surface area contributed by atoms with Crippen LogP contribution in [0.5, 0.6) is 0 Å². The Kier molecular flexibility index (Phi) is 9.08. The van der Waals surface area contributed by atoms with Crippen molar-refractivity contribution in [1.29, 1.82) is 0 Å². The lowest BCUT2D eigenvalue weighted by Crippen LogP contribution is -2.47. The van der Waals surface area contributed by atoms with Gasteiger partial charge in [0.2, 0.25) is 0 Å². The number of rotatable bonds is 8. The molecule has 0 aromatic heterocycles. The summed E-state index contributed by atoms with van der Waals surface area (Å²) >= 11 is 0. The maximum atomic E-state index is 12.8. The van der Waals surface area contributed by atoms with Gasteiger partial charge in [-0.2, -0.15) is 13.2 Å². The average Bonchev–Trinajstić information content (AvgIpc) is 2.75. The normalized spacial score (nSPS) is 12.8. The molecule has 13 heteroatoms. The molecule has 36 heavy (non-hydrogen) atoms. The van der Waals surface area contributed by atoms with Gasteiger partial charge in [0.25, 0.3) is 15.9 Å². The minimum absolute atomic E-state index is 0.0996. The van der Waals surface area contributed by atoms with Gasteiger partial charge < -0.3 is 15.4 Å². The highest BCUT2D eigenvalue weighted by Gasteiger charge is 2.38. The van der Waals surface area contributed by atoms with Crippen LogP contribution in [0.25, 0.3) is 0 Å². The Hall–Kier alpha value is -3.61. The van der Waals surface area contributed by atoms with Gasteiger partial charge in [0.05, 0.1) is 4.90 Å². The summed E-state index contributed by atoms with van der Waals surface area (Å²) in [5.74, 6) is -3.23. The van der Waals surface area contributed by atoms with Crippen LogP contribution < -0.4 is 15.4 Å². The number of benzene rings is 2. The van der Waals surface area contributed by atoms with Crippen molar-refractivity contribution in [2.75, 3.05) is 0 Å². The van der Waals surface area contributed by atoms with Gasteiger partial charge in [0, 0.05) is 18.5 Å². The summed E-state index contributed by atoms with van der Waals surface area (Å²) in [6.45, 7) is 4.61. The van der Waals surface area contributed by atoms with E-state index in [9.17, 15) is 36.0 Å². The van der Waals surface area contributed by atoms with Crippen molar-refractivity contribution >= 4 is 27.9 Å². The van der Waals surface area contributed by atoms with E-state index in [1.54, 1.807) is 56.4 Å². The second-order valence-corrected chi connectivity index (χ2v) is 10.4. The Bertz CT molecular complexity index is 1180. The molecule has 196 valence electrons. The minimum Gasteiger partial charge on any atom is -0.436 e. The van der Waals surface area contributed by atoms with E-state index in [1.807, 2.05) is 4.72 Å². The molecule has 0 radical (unpaired) electrons. The van der Waals surface area contributed by atoms with Crippen LogP contribution in [0.15, 0.2) is 59.5 Å². The van der Waals surface area contributed by atoms with Gasteiger partial charge in [0.15, 0.2) is 6.10 Å². The number of ether oxygens (including phenoxy) is 1. The molecule has 0 saturated carbocycles. The van der Waals surface area contributed by atoms with E-state index < -0.39 is 52.3 Å². The average molecular weight is 530 g/mol. The van der Waals surface area contributed by atoms with Crippen molar-refractivity contribution in [3.63, 3.8) is 0 Å². The Morgan fingerprint density at radius 3 is 2.03 bits per heavy atom. The Labute approximate surface area is 206 Å². The highest BCUT2D eigenvalue weighted by Crippen LogP contribution is 2.16. The zero-order valence-electron chi connectivity index (χ0n) is 19.7. The predicted molar refractivity (Wildman–Crippen MR) is 123 cm³/mol. The monoisotopic (exact) mass is 529 g/mol. The number of amides is 3. The molecule has 0 aliphatic rings. The topological polar surface area (TPSA) is 131 Å². The third kappa shape index (κ3) is 9.21. The first-order chi connectivity index (χ1) is 16.6. The number of hydrogen-bond acceptors (Lipinski definition) is 6. The van der Waals surface area contributed by atoms with Gasteiger partial charge in [-0.1, -0.05) is 42.5 Å². The Morgan fingerprint density at radius 1 is 0.917 bits per heavy atom. The summed E-state index contributed by atoms with van der Waals surface area (Å²) in [4.78, 5) is 35.6. The van der Waals surface area contributed by atoms with Crippen molar-refractivity contribution in [2.24, 2.45) is 0 Å². The molecular weight excluding hydrogens is 503 g/mol. The molecule has 2 aromatic rings. The first-order valence-corrected chi connectivity index (χ1v) is 12.1. The van der Waals surface area contributed by atoms with Gasteiger partial charge in [-0.25, -0.2) is 17.9 Å². The van der Waals surface area contributed by atoms with Crippen LogP contribution in [-0.4, -0.2) is 44.1 Å². The van der Waals surface area contributed by atoms with E-state index in [0.29, 0.717) is 5.56 Å². The summed E-state index contributed by atoms with van der Waals surface area (Å²) in [6.07, 6.45) is -7.55. The molecule has 0 aliphatic carbocycles. The van der Waals surface area contributed by atoms with Crippen LogP contribution in [-0.2, 0) is 37.3 Å². The summed E-state index contributed by atoms with van der Waals surface area (Å²) in [7, 11) is -4.42. The van der Waals surface area contributed by atoms with E-state index in [0.717, 1.165) is 12.1 Å². The van der Waals surface area contributed by atoms with E-state index in [1.165, 1.54) is 12.1 Å². The lowest BCUT2D eigenvalue weighted by Gasteiger charge is -2.23. The third-order valence-corrected chi connectivity index (χ3v) is 5.82. The summed E-state index contributed by atoms with van der Waals surface area (Å²) < 4.78 is 69.4. The third-order valence-electron chi connectivity index (χ3n) is 4.46. The van der Waals surface area contributed by atoms with E-state index >= 15 is 0 Å². The maximum Gasteiger partial charge on any atom is 0.471 e. The molecule has 1 atom stereocenters. The largest absolute Gasteiger partial charge is 0.471 e. The van der Waals surface area contributed by atoms with E-state index in [2.05, 4.69) is 5.32 Å². The Balaban J connectivity index is 2.14. The summed E-state index contributed by atoms with van der Waals surface area (Å²) in [5, 5.41) is 4.19. The second kappa shape index (κ2) is 11.4. The summed E-state index contributed by atoms with van der Waals surface area (Å²) in [6, 6.07) is 13.0. The highest BCUT2D eigenvalue weighted by atomic mass is 32.2.